The topological polar surface area (TPSA) is 158 Å². The molecule has 0 aromatic rings. The Morgan fingerprint density at radius 2 is 1.30 bits per heavy atom. The lowest BCUT2D eigenvalue weighted by molar-refractivity contribution is -0.325. The molecule has 0 radical (unpaired) electrons. The number of ether oxygens (including phenoxy) is 4. The average molecular weight is 340 g/mol. The molecule has 2 saturated heterocycles. The molecule has 2 aliphatic heterocycles. The molecule has 10 heteroatoms. The Bertz CT molecular complexity index is 380. The largest absolute Gasteiger partial charge is 0.388 e. The highest BCUT2D eigenvalue weighted by Crippen LogP contribution is 2.25. The summed E-state index contributed by atoms with van der Waals surface area (Å²) in [5.41, 5.74) is 0. The highest BCUT2D eigenvalue weighted by Gasteiger charge is 2.46. The maximum absolute atomic E-state index is 9.90. The number of hydrogen-bond donors (Lipinski definition) is 6. The van der Waals surface area contributed by atoms with Gasteiger partial charge in [0, 0.05) is 7.11 Å². The van der Waals surface area contributed by atoms with Crippen LogP contribution in [0, 0.1) is 0 Å². The molecule has 2 rings (SSSR count). The standard InChI is InChI=1S/C13H24O10/c1-4-6(14)8(16)11(19)13(22-4)21-3-5-7(15)9(17)10(18)12(20-2)23-5/h4-19H,3H2,1-2H3/t4-,5-,6+,7+,8+,9+,10-,11-,12-,13-/m1/s1. The van der Waals surface area contributed by atoms with Crippen molar-refractivity contribution in [2.45, 2.75) is 68.3 Å². The lowest BCUT2D eigenvalue weighted by atomic mass is 9.99. The maximum Gasteiger partial charge on any atom is 0.186 e. The number of methoxy groups -OCH3 is 1. The van der Waals surface area contributed by atoms with E-state index in [0.29, 0.717) is 0 Å². The highest BCUT2D eigenvalue weighted by atomic mass is 16.7. The second-order valence-corrected chi connectivity index (χ2v) is 5.77. The molecule has 10 nitrogen and oxygen atoms in total. The molecule has 23 heavy (non-hydrogen) atoms. The average Bonchev–Trinajstić information content (AvgIpc) is 2.54. The van der Waals surface area contributed by atoms with Gasteiger partial charge in [0.05, 0.1) is 12.7 Å². The van der Waals surface area contributed by atoms with Crippen molar-refractivity contribution < 1.29 is 49.6 Å². The Morgan fingerprint density at radius 1 is 0.739 bits per heavy atom. The summed E-state index contributed by atoms with van der Waals surface area (Å²) in [5.74, 6) is 0. The summed E-state index contributed by atoms with van der Waals surface area (Å²) in [4.78, 5) is 0. The molecule has 0 aromatic heterocycles. The van der Waals surface area contributed by atoms with Crippen LogP contribution in [0.5, 0.6) is 0 Å². The molecule has 136 valence electrons. The predicted molar refractivity (Wildman–Crippen MR) is 72.0 cm³/mol. The zero-order chi connectivity index (χ0) is 17.3. The third-order valence-corrected chi connectivity index (χ3v) is 4.13. The zero-order valence-electron chi connectivity index (χ0n) is 12.8. The summed E-state index contributed by atoms with van der Waals surface area (Å²) < 4.78 is 20.7. The SMILES string of the molecule is CO[C@@H]1O[C@H](CO[C@@H]2O[C@H](C)[C@H](O)[C@H](O)[C@H]2O)[C@H](O)[C@H](O)[C@H]1O. The van der Waals surface area contributed by atoms with Gasteiger partial charge < -0.3 is 49.6 Å². The quantitative estimate of drug-likeness (QED) is 0.300. The van der Waals surface area contributed by atoms with Gasteiger partial charge in [-0.2, -0.15) is 0 Å². The number of rotatable bonds is 4. The summed E-state index contributed by atoms with van der Waals surface area (Å²) in [7, 11) is 1.27. The molecule has 0 spiro atoms. The van der Waals surface area contributed by atoms with Crippen LogP contribution in [0.2, 0.25) is 0 Å². The van der Waals surface area contributed by atoms with Crippen molar-refractivity contribution in [3.8, 4) is 0 Å². The van der Waals surface area contributed by atoms with Crippen molar-refractivity contribution >= 4 is 0 Å². The fourth-order valence-electron chi connectivity index (χ4n) is 2.59. The van der Waals surface area contributed by atoms with E-state index >= 15 is 0 Å². The lowest BCUT2D eigenvalue weighted by Gasteiger charge is -2.42. The van der Waals surface area contributed by atoms with Crippen LogP contribution in [-0.4, -0.2) is 106 Å². The van der Waals surface area contributed by atoms with Crippen LogP contribution in [0.25, 0.3) is 0 Å². The van der Waals surface area contributed by atoms with Crippen LogP contribution < -0.4 is 0 Å². The summed E-state index contributed by atoms with van der Waals surface area (Å²) in [6.45, 7) is 1.20. The Labute approximate surface area is 132 Å². The molecule has 10 atom stereocenters. The molecule has 6 N–H and O–H groups in total. The molecule has 0 bridgehead atoms. The van der Waals surface area contributed by atoms with Crippen LogP contribution >= 0.6 is 0 Å². The predicted octanol–water partition coefficient (Wildman–Crippen LogP) is -3.72. The van der Waals surface area contributed by atoms with Crippen LogP contribution in [0.3, 0.4) is 0 Å². The summed E-state index contributed by atoms with van der Waals surface area (Å²) >= 11 is 0. The van der Waals surface area contributed by atoms with E-state index in [1.165, 1.54) is 14.0 Å². The fraction of sp³-hybridized carbons (Fsp3) is 1.00. The molecular weight excluding hydrogens is 316 g/mol. The van der Waals surface area contributed by atoms with Gasteiger partial charge in [-0.05, 0) is 6.92 Å². The van der Waals surface area contributed by atoms with Gasteiger partial charge in [0.2, 0.25) is 0 Å². The van der Waals surface area contributed by atoms with Crippen molar-refractivity contribution in [1.29, 1.82) is 0 Å². The first kappa shape index (κ1) is 18.9. The van der Waals surface area contributed by atoms with E-state index in [0.717, 1.165) is 0 Å². The Hall–Kier alpha value is -0.400. The highest BCUT2D eigenvalue weighted by molar-refractivity contribution is 4.90. The normalized spacial score (nSPS) is 51.7. The van der Waals surface area contributed by atoms with Gasteiger partial charge in [0.25, 0.3) is 0 Å². The van der Waals surface area contributed by atoms with E-state index in [-0.39, 0.29) is 6.61 Å². The van der Waals surface area contributed by atoms with Gasteiger partial charge in [-0.3, -0.25) is 0 Å². The fourth-order valence-corrected chi connectivity index (χ4v) is 2.59. The smallest absolute Gasteiger partial charge is 0.186 e. The minimum absolute atomic E-state index is 0.304. The van der Waals surface area contributed by atoms with Crippen LogP contribution in [0.15, 0.2) is 0 Å². The van der Waals surface area contributed by atoms with Crippen LogP contribution in [0.1, 0.15) is 6.92 Å². The monoisotopic (exact) mass is 340 g/mol. The second kappa shape index (κ2) is 7.66. The van der Waals surface area contributed by atoms with Crippen molar-refractivity contribution in [1.82, 2.24) is 0 Å². The number of aliphatic hydroxyl groups is 6. The van der Waals surface area contributed by atoms with Gasteiger partial charge in [-0.15, -0.1) is 0 Å². The number of aliphatic hydroxyl groups excluding tert-OH is 6. The molecular formula is C13H24O10. The Morgan fingerprint density at radius 3 is 1.91 bits per heavy atom. The second-order valence-electron chi connectivity index (χ2n) is 5.77. The first-order valence-electron chi connectivity index (χ1n) is 7.31. The minimum atomic E-state index is -1.49. The summed E-state index contributed by atoms with van der Waals surface area (Å²) in [6, 6.07) is 0. The summed E-state index contributed by atoms with van der Waals surface area (Å²) in [5, 5.41) is 58.4. The number of hydrogen-bond acceptors (Lipinski definition) is 10. The van der Waals surface area contributed by atoms with Crippen molar-refractivity contribution in [3.63, 3.8) is 0 Å². The van der Waals surface area contributed by atoms with E-state index in [1.807, 2.05) is 0 Å². The minimum Gasteiger partial charge on any atom is -0.388 e. The van der Waals surface area contributed by atoms with Crippen molar-refractivity contribution in [3.05, 3.63) is 0 Å². The molecule has 2 fully saturated rings. The van der Waals surface area contributed by atoms with E-state index in [4.69, 9.17) is 18.9 Å². The van der Waals surface area contributed by atoms with E-state index in [9.17, 15) is 30.6 Å². The first-order chi connectivity index (χ1) is 10.8. The molecule has 0 saturated carbocycles. The van der Waals surface area contributed by atoms with Gasteiger partial charge in [-0.1, -0.05) is 0 Å². The van der Waals surface area contributed by atoms with Gasteiger partial charge in [-0.25, -0.2) is 0 Å². The molecule has 0 aromatic carbocycles. The van der Waals surface area contributed by atoms with E-state index in [1.54, 1.807) is 0 Å². The Kier molecular flexibility index (Phi) is 6.30. The van der Waals surface area contributed by atoms with Gasteiger partial charge in [0.1, 0.15) is 42.7 Å². The van der Waals surface area contributed by atoms with Crippen LogP contribution in [-0.2, 0) is 18.9 Å². The maximum atomic E-state index is 9.90. The van der Waals surface area contributed by atoms with E-state index in [2.05, 4.69) is 0 Å². The van der Waals surface area contributed by atoms with Gasteiger partial charge >= 0.3 is 0 Å². The first-order valence-corrected chi connectivity index (χ1v) is 7.31. The lowest BCUT2D eigenvalue weighted by Crippen LogP contribution is -2.61. The molecule has 0 aliphatic carbocycles. The summed E-state index contributed by atoms with van der Waals surface area (Å²) in [6.07, 6.45) is -12.7. The molecule has 0 amide bonds. The molecule has 0 unspecified atom stereocenters. The van der Waals surface area contributed by atoms with Crippen molar-refractivity contribution in [2.24, 2.45) is 0 Å². The molecule has 2 aliphatic rings. The zero-order valence-corrected chi connectivity index (χ0v) is 12.8. The third-order valence-electron chi connectivity index (χ3n) is 4.13. The Balaban J connectivity index is 1.94. The van der Waals surface area contributed by atoms with Crippen LogP contribution in [0.4, 0.5) is 0 Å². The van der Waals surface area contributed by atoms with Crippen molar-refractivity contribution in [2.75, 3.05) is 13.7 Å². The van der Waals surface area contributed by atoms with E-state index < -0.39 is 61.4 Å². The molecule has 2 heterocycles. The van der Waals surface area contributed by atoms with Gasteiger partial charge in [0.15, 0.2) is 12.6 Å². The third kappa shape index (κ3) is 3.82.